The Labute approximate surface area is 139 Å². The average Bonchev–Trinajstić information content (AvgIpc) is 2.41. The van der Waals surface area contributed by atoms with Gasteiger partial charge in [-0.05, 0) is 31.2 Å². The predicted molar refractivity (Wildman–Crippen MR) is 90.8 cm³/mol. The van der Waals surface area contributed by atoms with Gasteiger partial charge in [-0.3, -0.25) is 4.79 Å². The summed E-state index contributed by atoms with van der Waals surface area (Å²) in [4.78, 5) is 15.3. The van der Waals surface area contributed by atoms with Crippen molar-refractivity contribution < 1.29 is 4.79 Å². The summed E-state index contributed by atoms with van der Waals surface area (Å²) >= 11 is 5.16. The molecular weight excluding hydrogens is 360 g/mol. The Hall–Kier alpha value is -0.230. The van der Waals surface area contributed by atoms with E-state index in [2.05, 4.69) is 40.3 Å². The molecule has 1 saturated heterocycles. The third-order valence-electron chi connectivity index (χ3n) is 3.22. The average molecular weight is 380 g/mol. The highest BCUT2D eigenvalue weighted by Gasteiger charge is 2.22. The molecule has 1 fully saturated rings. The van der Waals surface area contributed by atoms with Crippen LogP contribution >= 0.6 is 40.1 Å². The molecular formula is C14H20BrClN2OS. The zero-order valence-electron chi connectivity index (χ0n) is 11.5. The number of halogens is 2. The normalized spacial score (nSPS) is 18.5. The second-order valence-electron chi connectivity index (χ2n) is 4.69. The Morgan fingerprint density at radius 3 is 2.80 bits per heavy atom. The van der Waals surface area contributed by atoms with E-state index in [-0.39, 0.29) is 18.3 Å². The summed E-state index contributed by atoms with van der Waals surface area (Å²) in [6.07, 6.45) is 0.616. The Morgan fingerprint density at radius 1 is 1.45 bits per heavy atom. The van der Waals surface area contributed by atoms with Gasteiger partial charge in [-0.1, -0.05) is 15.9 Å². The van der Waals surface area contributed by atoms with Gasteiger partial charge in [-0.25, -0.2) is 0 Å². The Morgan fingerprint density at radius 2 is 2.15 bits per heavy atom. The summed E-state index contributed by atoms with van der Waals surface area (Å²) in [5.41, 5.74) is 0. The van der Waals surface area contributed by atoms with Crippen molar-refractivity contribution in [2.75, 3.05) is 25.4 Å². The lowest BCUT2D eigenvalue weighted by molar-refractivity contribution is -0.133. The van der Waals surface area contributed by atoms with Gasteiger partial charge in [0, 0.05) is 47.2 Å². The maximum Gasteiger partial charge on any atom is 0.223 e. The van der Waals surface area contributed by atoms with E-state index in [1.165, 1.54) is 4.90 Å². The second-order valence-corrected chi connectivity index (χ2v) is 6.78. The van der Waals surface area contributed by atoms with E-state index in [1.807, 2.05) is 17.0 Å². The zero-order valence-corrected chi connectivity index (χ0v) is 14.7. The van der Waals surface area contributed by atoms with Gasteiger partial charge in [0.15, 0.2) is 0 Å². The van der Waals surface area contributed by atoms with Gasteiger partial charge in [-0.2, -0.15) is 0 Å². The highest BCUT2D eigenvalue weighted by atomic mass is 79.9. The first-order chi connectivity index (χ1) is 9.16. The topological polar surface area (TPSA) is 32.3 Å². The third-order valence-corrected chi connectivity index (χ3v) is 4.76. The summed E-state index contributed by atoms with van der Waals surface area (Å²) in [6.45, 7) is 4.76. The molecule has 0 bridgehead atoms. The van der Waals surface area contributed by atoms with Gasteiger partial charge in [0.1, 0.15) is 0 Å². The largest absolute Gasteiger partial charge is 0.337 e. The van der Waals surface area contributed by atoms with Crippen molar-refractivity contribution >= 4 is 46.0 Å². The minimum Gasteiger partial charge on any atom is -0.337 e. The maximum atomic E-state index is 12.1. The molecule has 0 aliphatic carbocycles. The van der Waals surface area contributed by atoms with Gasteiger partial charge >= 0.3 is 0 Å². The molecule has 1 atom stereocenters. The van der Waals surface area contributed by atoms with Crippen LogP contribution in [0.25, 0.3) is 0 Å². The minimum atomic E-state index is 0. The highest BCUT2D eigenvalue weighted by Crippen LogP contribution is 2.21. The molecule has 0 aromatic heterocycles. The van der Waals surface area contributed by atoms with E-state index in [0.29, 0.717) is 12.5 Å². The van der Waals surface area contributed by atoms with Crippen molar-refractivity contribution in [2.45, 2.75) is 24.3 Å². The van der Waals surface area contributed by atoms with Crippen LogP contribution in [0.1, 0.15) is 13.3 Å². The lowest BCUT2D eigenvalue weighted by Gasteiger charge is -2.34. The quantitative estimate of drug-likeness (QED) is 0.816. The second kappa shape index (κ2) is 8.93. The number of thioether (sulfide) groups is 1. The predicted octanol–water partition coefficient (Wildman–Crippen LogP) is 3.17. The fourth-order valence-corrected chi connectivity index (χ4v) is 3.25. The molecule has 1 unspecified atom stereocenters. The van der Waals surface area contributed by atoms with Gasteiger partial charge in [-0.15, -0.1) is 24.2 Å². The fraction of sp³-hybridized carbons (Fsp3) is 0.500. The van der Waals surface area contributed by atoms with Crippen LogP contribution < -0.4 is 5.32 Å². The molecule has 1 aliphatic rings. The number of hydrogen-bond donors (Lipinski definition) is 1. The molecule has 1 heterocycles. The van der Waals surface area contributed by atoms with E-state index in [0.717, 1.165) is 29.9 Å². The smallest absolute Gasteiger partial charge is 0.223 e. The summed E-state index contributed by atoms with van der Waals surface area (Å²) in [7, 11) is 0. The number of carbonyl (C=O) groups is 1. The summed E-state index contributed by atoms with van der Waals surface area (Å²) in [5.74, 6) is 1.12. The van der Waals surface area contributed by atoms with Crippen LogP contribution in [0.4, 0.5) is 0 Å². The number of nitrogens with zero attached hydrogens (tertiary/aromatic N) is 1. The highest BCUT2D eigenvalue weighted by molar-refractivity contribution is 9.10. The molecule has 1 N–H and O–H groups in total. The Kier molecular flexibility index (Phi) is 7.95. The molecule has 0 saturated carbocycles. The molecule has 2 rings (SSSR count). The Balaban J connectivity index is 0.00000200. The molecule has 112 valence electrons. The lowest BCUT2D eigenvalue weighted by Crippen LogP contribution is -2.52. The molecule has 1 aliphatic heterocycles. The minimum absolute atomic E-state index is 0. The van der Waals surface area contributed by atoms with Crippen molar-refractivity contribution in [1.29, 1.82) is 0 Å². The monoisotopic (exact) mass is 378 g/mol. The van der Waals surface area contributed by atoms with Crippen LogP contribution in [0.2, 0.25) is 0 Å². The van der Waals surface area contributed by atoms with Crippen LogP contribution in [0, 0.1) is 0 Å². The summed E-state index contributed by atoms with van der Waals surface area (Å²) < 4.78 is 1.09. The molecule has 0 spiro atoms. The third kappa shape index (κ3) is 5.28. The van der Waals surface area contributed by atoms with Crippen LogP contribution in [-0.2, 0) is 4.79 Å². The van der Waals surface area contributed by atoms with Crippen molar-refractivity contribution in [2.24, 2.45) is 0 Å². The van der Waals surface area contributed by atoms with E-state index >= 15 is 0 Å². The van der Waals surface area contributed by atoms with Crippen molar-refractivity contribution in [3.8, 4) is 0 Å². The molecule has 6 heteroatoms. The number of carbonyl (C=O) groups excluding carboxylic acids is 1. The van der Waals surface area contributed by atoms with Crippen molar-refractivity contribution in [3.63, 3.8) is 0 Å². The molecule has 3 nitrogen and oxygen atoms in total. The van der Waals surface area contributed by atoms with Crippen LogP contribution in [0.15, 0.2) is 33.6 Å². The number of nitrogens with one attached hydrogen (secondary N) is 1. The van der Waals surface area contributed by atoms with Crippen molar-refractivity contribution in [1.82, 2.24) is 10.2 Å². The van der Waals surface area contributed by atoms with Crippen LogP contribution in [0.3, 0.4) is 0 Å². The van der Waals surface area contributed by atoms with Gasteiger partial charge in [0.25, 0.3) is 0 Å². The Bertz CT molecular complexity index is 430. The zero-order chi connectivity index (χ0) is 13.7. The molecule has 0 radical (unpaired) electrons. The van der Waals surface area contributed by atoms with Gasteiger partial charge in [0.2, 0.25) is 5.91 Å². The number of hydrogen-bond acceptors (Lipinski definition) is 3. The van der Waals surface area contributed by atoms with E-state index in [1.54, 1.807) is 11.8 Å². The maximum absolute atomic E-state index is 12.1. The first-order valence-corrected chi connectivity index (χ1v) is 8.33. The van der Waals surface area contributed by atoms with E-state index < -0.39 is 0 Å². The lowest BCUT2D eigenvalue weighted by atomic mass is 10.2. The van der Waals surface area contributed by atoms with Crippen molar-refractivity contribution in [3.05, 3.63) is 28.7 Å². The van der Waals surface area contributed by atoms with Gasteiger partial charge in [0.05, 0.1) is 0 Å². The number of rotatable bonds is 4. The number of amides is 1. The van der Waals surface area contributed by atoms with Gasteiger partial charge < -0.3 is 10.2 Å². The molecule has 1 amide bonds. The fourth-order valence-electron chi connectivity index (χ4n) is 2.14. The standard InChI is InChI=1S/C14H19BrN2OS.ClH/c1-11-10-16-7-8-17(11)14(18)6-9-19-13-4-2-12(15)3-5-13;/h2-5,11,16H,6-10H2,1H3;1H. The first-order valence-electron chi connectivity index (χ1n) is 6.55. The van der Waals surface area contributed by atoms with Crippen LogP contribution in [-0.4, -0.2) is 42.2 Å². The summed E-state index contributed by atoms with van der Waals surface area (Å²) in [5, 5.41) is 3.30. The number of benzene rings is 1. The summed E-state index contributed by atoms with van der Waals surface area (Å²) in [6, 6.07) is 8.53. The number of piperazine rings is 1. The molecule has 1 aromatic carbocycles. The van der Waals surface area contributed by atoms with E-state index in [4.69, 9.17) is 0 Å². The molecule has 20 heavy (non-hydrogen) atoms. The first kappa shape index (κ1) is 17.8. The molecule has 1 aromatic rings. The SMILES string of the molecule is CC1CNCCN1C(=O)CCSc1ccc(Br)cc1.Cl. The van der Waals surface area contributed by atoms with E-state index in [9.17, 15) is 4.79 Å². The van der Waals surface area contributed by atoms with Crippen LogP contribution in [0.5, 0.6) is 0 Å².